The van der Waals surface area contributed by atoms with E-state index in [0.29, 0.717) is 11.6 Å². The summed E-state index contributed by atoms with van der Waals surface area (Å²) in [6.07, 6.45) is 13.3. The molecule has 0 amide bonds. The lowest BCUT2D eigenvalue weighted by Crippen LogP contribution is -2.13. The molecular formula is C21H20N6S2. The first kappa shape index (κ1) is 18.6. The molecule has 0 aromatic carbocycles. The molecule has 29 heavy (non-hydrogen) atoms. The van der Waals surface area contributed by atoms with Gasteiger partial charge >= 0.3 is 0 Å². The van der Waals surface area contributed by atoms with Gasteiger partial charge < -0.3 is 0 Å². The maximum atomic E-state index is 9.95. The molecule has 8 heteroatoms. The summed E-state index contributed by atoms with van der Waals surface area (Å²) in [5.74, 6) is 0. The van der Waals surface area contributed by atoms with Gasteiger partial charge in [0, 0.05) is 40.1 Å². The third kappa shape index (κ3) is 4.02. The van der Waals surface area contributed by atoms with Gasteiger partial charge in [0.2, 0.25) is 0 Å². The van der Waals surface area contributed by atoms with E-state index in [0.717, 1.165) is 37.9 Å². The Bertz CT molecular complexity index is 1050. The second-order valence-electron chi connectivity index (χ2n) is 7.37. The van der Waals surface area contributed by atoms with E-state index in [2.05, 4.69) is 16.0 Å². The van der Waals surface area contributed by atoms with Crippen LogP contribution in [0.4, 0.5) is 0 Å². The normalized spacial score (nSPS) is 16.4. The average molecular weight is 421 g/mol. The number of rotatable bonds is 7. The first-order valence-electron chi connectivity index (χ1n) is 9.82. The maximum absolute atomic E-state index is 9.95. The van der Waals surface area contributed by atoms with Crippen LogP contribution in [0.15, 0.2) is 42.1 Å². The zero-order valence-corrected chi connectivity index (χ0v) is 17.5. The lowest BCUT2D eigenvalue weighted by atomic mass is 10.0. The lowest BCUT2D eigenvalue weighted by molar-refractivity contribution is 0.523. The van der Waals surface area contributed by atoms with E-state index in [1.54, 1.807) is 24.2 Å². The fourth-order valence-corrected chi connectivity index (χ4v) is 5.88. The third-order valence-electron chi connectivity index (χ3n) is 5.31. The summed E-state index contributed by atoms with van der Waals surface area (Å²) in [7, 11) is 0. The minimum absolute atomic E-state index is 0.505. The summed E-state index contributed by atoms with van der Waals surface area (Å²) < 4.78 is 2.02. The van der Waals surface area contributed by atoms with Crippen molar-refractivity contribution in [3.63, 3.8) is 0 Å². The fraction of sp³-hybridized carbons (Fsp3) is 0.381. The number of hydrogen-bond donors (Lipinski definition) is 0. The molecule has 0 spiro atoms. The predicted molar refractivity (Wildman–Crippen MR) is 115 cm³/mol. The van der Waals surface area contributed by atoms with Crippen LogP contribution in [-0.4, -0.2) is 35.1 Å². The van der Waals surface area contributed by atoms with Crippen molar-refractivity contribution in [3.8, 4) is 28.6 Å². The molecule has 0 radical (unpaired) electrons. The standard InChI is InChI=1S/C21H20N6S2/c22-9-18-17(19-6-7-27(26-19)15-4-5-15)8-20(14-10-23-12-24-11-14)25-21(18)29-13-28-16-2-1-3-16/h6-8,10-12,15-16H,1-5,13H2. The molecule has 0 aliphatic heterocycles. The van der Waals surface area contributed by atoms with E-state index in [1.807, 2.05) is 34.8 Å². The SMILES string of the molecule is N#Cc1c(-c2ccn(C3CC3)n2)cc(-c2cncnc2)nc1SCSC1CCC1. The van der Waals surface area contributed by atoms with Crippen LogP contribution >= 0.6 is 23.5 Å². The summed E-state index contributed by atoms with van der Waals surface area (Å²) in [6.45, 7) is 0. The summed E-state index contributed by atoms with van der Waals surface area (Å²) in [6, 6.07) is 6.84. The van der Waals surface area contributed by atoms with Crippen molar-refractivity contribution in [3.05, 3.63) is 42.6 Å². The third-order valence-corrected chi connectivity index (χ3v) is 7.84. The Labute approximate surface area is 178 Å². The number of hydrogen-bond acceptors (Lipinski definition) is 7. The van der Waals surface area contributed by atoms with Crippen LogP contribution in [0.5, 0.6) is 0 Å². The van der Waals surface area contributed by atoms with Crippen molar-refractivity contribution in [2.24, 2.45) is 0 Å². The summed E-state index contributed by atoms with van der Waals surface area (Å²) in [5, 5.41) is 17.1. The fourth-order valence-electron chi connectivity index (χ4n) is 3.26. The zero-order chi connectivity index (χ0) is 19.6. The van der Waals surface area contributed by atoms with E-state index in [-0.39, 0.29) is 0 Å². The Kier molecular flexibility index (Phi) is 5.25. The van der Waals surface area contributed by atoms with Gasteiger partial charge in [-0.25, -0.2) is 15.0 Å². The largest absolute Gasteiger partial charge is 0.269 e. The molecule has 0 N–H and O–H groups in total. The van der Waals surface area contributed by atoms with E-state index in [4.69, 9.17) is 10.1 Å². The molecule has 2 aliphatic rings. The van der Waals surface area contributed by atoms with Crippen molar-refractivity contribution in [1.29, 1.82) is 5.26 Å². The van der Waals surface area contributed by atoms with Gasteiger partial charge in [-0.1, -0.05) is 18.2 Å². The molecule has 0 atom stereocenters. The van der Waals surface area contributed by atoms with Crippen molar-refractivity contribution in [1.82, 2.24) is 24.7 Å². The molecule has 146 valence electrons. The Morgan fingerprint density at radius 2 is 1.97 bits per heavy atom. The highest BCUT2D eigenvalue weighted by molar-refractivity contribution is 8.16. The Morgan fingerprint density at radius 3 is 2.66 bits per heavy atom. The molecule has 5 rings (SSSR count). The van der Waals surface area contributed by atoms with Crippen molar-refractivity contribution in [2.45, 2.75) is 48.4 Å². The van der Waals surface area contributed by atoms with Gasteiger partial charge in [-0.15, -0.1) is 11.8 Å². The number of thioether (sulfide) groups is 2. The topological polar surface area (TPSA) is 80.3 Å². The number of aromatic nitrogens is 5. The van der Waals surface area contributed by atoms with Gasteiger partial charge in [0.25, 0.3) is 0 Å². The Balaban J connectivity index is 1.53. The summed E-state index contributed by atoms with van der Waals surface area (Å²) in [5.41, 5.74) is 3.87. The van der Waals surface area contributed by atoms with Gasteiger partial charge in [-0.2, -0.15) is 10.4 Å². The highest BCUT2D eigenvalue weighted by Crippen LogP contribution is 2.39. The van der Waals surface area contributed by atoms with Gasteiger partial charge in [0.1, 0.15) is 17.4 Å². The van der Waals surface area contributed by atoms with Gasteiger partial charge in [-0.05, 0) is 37.8 Å². The molecule has 6 nitrogen and oxygen atoms in total. The zero-order valence-electron chi connectivity index (χ0n) is 15.9. The van der Waals surface area contributed by atoms with Gasteiger partial charge in [0.05, 0.1) is 23.0 Å². The van der Waals surface area contributed by atoms with Crippen molar-refractivity contribution in [2.75, 3.05) is 5.08 Å². The molecule has 2 aliphatic carbocycles. The minimum atomic E-state index is 0.505. The van der Waals surface area contributed by atoms with E-state index < -0.39 is 0 Å². The molecule has 0 unspecified atom stereocenters. The van der Waals surface area contributed by atoms with E-state index >= 15 is 0 Å². The highest BCUT2D eigenvalue weighted by atomic mass is 32.2. The summed E-state index contributed by atoms with van der Waals surface area (Å²) in [4.78, 5) is 13.1. The lowest BCUT2D eigenvalue weighted by Gasteiger charge is -2.24. The molecule has 0 bridgehead atoms. The predicted octanol–water partition coefficient (Wildman–Crippen LogP) is 4.94. The Morgan fingerprint density at radius 1 is 1.14 bits per heavy atom. The van der Waals surface area contributed by atoms with E-state index in [1.165, 1.54) is 38.4 Å². The molecule has 3 heterocycles. The van der Waals surface area contributed by atoms with Gasteiger partial charge in [-0.3, -0.25) is 4.68 Å². The van der Waals surface area contributed by atoms with Crippen LogP contribution in [0, 0.1) is 11.3 Å². The second kappa shape index (κ2) is 8.17. The van der Waals surface area contributed by atoms with Crippen LogP contribution < -0.4 is 0 Å². The van der Waals surface area contributed by atoms with Crippen LogP contribution in [0.25, 0.3) is 22.5 Å². The monoisotopic (exact) mass is 420 g/mol. The number of pyridine rings is 1. The second-order valence-corrected chi connectivity index (χ2v) is 9.99. The average Bonchev–Trinajstić information content (AvgIpc) is 3.46. The van der Waals surface area contributed by atoms with Crippen LogP contribution in [-0.2, 0) is 0 Å². The number of nitriles is 1. The molecule has 2 saturated carbocycles. The van der Waals surface area contributed by atoms with Crippen LogP contribution in [0.3, 0.4) is 0 Å². The molecular weight excluding hydrogens is 400 g/mol. The molecule has 2 fully saturated rings. The number of nitrogens with zero attached hydrogens (tertiary/aromatic N) is 6. The van der Waals surface area contributed by atoms with Crippen LogP contribution in [0.2, 0.25) is 0 Å². The maximum Gasteiger partial charge on any atom is 0.116 e. The van der Waals surface area contributed by atoms with Crippen molar-refractivity contribution < 1.29 is 0 Å². The van der Waals surface area contributed by atoms with Gasteiger partial charge in [0.15, 0.2) is 0 Å². The molecule has 3 aromatic rings. The first-order valence-corrected chi connectivity index (χ1v) is 11.9. The first-order chi connectivity index (χ1) is 14.3. The smallest absolute Gasteiger partial charge is 0.116 e. The summed E-state index contributed by atoms with van der Waals surface area (Å²) >= 11 is 3.61. The van der Waals surface area contributed by atoms with Crippen LogP contribution in [0.1, 0.15) is 43.7 Å². The van der Waals surface area contributed by atoms with E-state index in [9.17, 15) is 5.26 Å². The molecule has 0 saturated heterocycles. The van der Waals surface area contributed by atoms with Crippen molar-refractivity contribution >= 4 is 23.5 Å². The molecule has 3 aromatic heterocycles. The quantitative estimate of drug-likeness (QED) is 0.395. The Hall–Kier alpha value is -2.37. The minimum Gasteiger partial charge on any atom is -0.269 e. The highest BCUT2D eigenvalue weighted by Gasteiger charge is 2.25.